The van der Waals surface area contributed by atoms with Crippen molar-refractivity contribution in [2.75, 3.05) is 19.6 Å². The fraction of sp³-hybridized carbons (Fsp3) is 0.611. The van der Waals surface area contributed by atoms with Gasteiger partial charge >= 0.3 is 6.03 Å². The first-order valence-corrected chi connectivity index (χ1v) is 9.46. The first-order chi connectivity index (χ1) is 12.7. The van der Waals surface area contributed by atoms with Crippen LogP contribution in [0.25, 0.3) is 0 Å². The third kappa shape index (κ3) is 3.60. The highest BCUT2D eigenvalue weighted by Gasteiger charge is 2.23. The van der Waals surface area contributed by atoms with Gasteiger partial charge in [0.05, 0.1) is 36.7 Å². The van der Waals surface area contributed by atoms with Crippen LogP contribution in [0.4, 0.5) is 4.79 Å². The van der Waals surface area contributed by atoms with E-state index in [1.807, 2.05) is 0 Å². The first kappa shape index (κ1) is 17.1. The largest absolute Gasteiger partial charge is 0.364 e. The van der Waals surface area contributed by atoms with Crippen LogP contribution in [0.1, 0.15) is 42.4 Å². The first-order valence-electron chi connectivity index (χ1n) is 9.46. The minimum Gasteiger partial charge on any atom is -0.364 e. The van der Waals surface area contributed by atoms with Gasteiger partial charge in [0, 0.05) is 31.6 Å². The molecule has 0 aromatic carbocycles. The lowest BCUT2D eigenvalue weighted by atomic mass is 10.1. The number of unbranched alkanes of at least 4 members (excludes halogenated alkanes) is 1. The van der Waals surface area contributed by atoms with E-state index in [2.05, 4.69) is 38.1 Å². The summed E-state index contributed by atoms with van der Waals surface area (Å²) in [5.74, 6) is 0. The normalized spacial score (nSPS) is 17.0. The van der Waals surface area contributed by atoms with Crippen LogP contribution in [0.2, 0.25) is 0 Å². The lowest BCUT2D eigenvalue weighted by Crippen LogP contribution is -2.42. The molecule has 140 valence electrons. The van der Waals surface area contributed by atoms with Gasteiger partial charge in [0.15, 0.2) is 0 Å². The molecular formula is C18H26N6O2. The lowest BCUT2D eigenvalue weighted by Gasteiger charge is -2.27. The fourth-order valence-electron chi connectivity index (χ4n) is 3.63. The van der Waals surface area contributed by atoms with Crippen LogP contribution in [0, 0.1) is 0 Å². The van der Waals surface area contributed by atoms with E-state index in [9.17, 15) is 4.79 Å². The molecule has 0 aliphatic carbocycles. The summed E-state index contributed by atoms with van der Waals surface area (Å²) >= 11 is 0. The van der Waals surface area contributed by atoms with Crippen molar-refractivity contribution in [1.82, 2.24) is 30.1 Å². The van der Waals surface area contributed by atoms with Gasteiger partial charge in [-0.2, -0.15) is 5.10 Å². The Bertz CT molecular complexity index is 768. The van der Waals surface area contributed by atoms with Crippen LogP contribution in [0.3, 0.4) is 0 Å². The average Bonchev–Trinajstić information content (AvgIpc) is 3.29. The van der Waals surface area contributed by atoms with E-state index in [1.54, 1.807) is 11.2 Å². The predicted octanol–water partition coefficient (Wildman–Crippen LogP) is 1.75. The number of urea groups is 1. The van der Waals surface area contributed by atoms with E-state index in [0.717, 1.165) is 49.6 Å². The van der Waals surface area contributed by atoms with E-state index in [4.69, 9.17) is 4.52 Å². The molecule has 2 aromatic heterocycles. The number of rotatable bonds is 5. The highest BCUT2D eigenvalue weighted by atomic mass is 16.5. The number of hydrogen-bond acceptors (Lipinski definition) is 5. The molecule has 2 aliphatic rings. The smallest absolute Gasteiger partial charge is 0.318 e. The Morgan fingerprint density at radius 2 is 2.23 bits per heavy atom. The molecule has 2 amide bonds. The quantitative estimate of drug-likeness (QED) is 0.881. The number of fused-ring (bicyclic) bond motifs is 2. The van der Waals surface area contributed by atoms with Crippen molar-refractivity contribution >= 4 is 6.03 Å². The number of carbonyl (C=O) groups is 1. The molecule has 0 atom stereocenters. The molecule has 2 aromatic rings. The summed E-state index contributed by atoms with van der Waals surface area (Å²) in [6.07, 6.45) is 4.83. The third-order valence-electron chi connectivity index (χ3n) is 5.17. The Kier molecular flexibility index (Phi) is 4.92. The average molecular weight is 358 g/mol. The van der Waals surface area contributed by atoms with Gasteiger partial charge in [-0.05, 0) is 19.0 Å². The summed E-state index contributed by atoms with van der Waals surface area (Å²) in [6, 6.07) is 2.06. The highest BCUT2D eigenvalue weighted by Crippen LogP contribution is 2.18. The van der Waals surface area contributed by atoms with Crippen molar-refractivity contribution in [3.05, 3.63) is 35.0 Å². The maximum atomic E-state index is 12.4. The van der Waals surface area contributed by atoms with E-state index in [0.29, 0.717) is 19.6 Å². The maximum Gasteiger partial charge on any atom is 0.318 e. The van der Waals surface area contributed by atoms with Crippen LogP contribution >= 0.6 is 0 Å². The molecule has 1 N–H and O–H groups in total. The number of nitrogens with one attached hydrogen (secondary N) is 1. The summed E-state index contributed by atoms with van der Waals surface area (Å²) in [5, 5.41) is 11.6. The molecule has 4 rings (SSSR count). The van der Waals surface area contributed by atoms with Crippen molar-refractivity contribution < 1.29 is 9.32 Å². The van der Waals surface area contributed by atoms with Gasteiger partial charge in [-0.15, -0.1) is 0 Å². The summed E-state index contributed by atoms with van der Waals surface area (Å²) in [6.45, 7) is 7.97. The molecule has 26 heavy (non-hydrogen) atoms. The van der Waals surface area contributed by atoms with Crippen LogP contribution in [0.5, 0.6) is 0 Å². The van der Waals surface area contributed by atoms with Crippen LogP contribution in [0.15, 0.2) is 16.9 Å². The Hall–Kier alpha value is -2.35. The van der Waals surface area contributed by atoms with E-state index in [-0.39, 0.29) is 6.03 Å². The minimum absolute atomic E-state index is 0.0626. The van der Waals surface area contributed by atoms with E-state index >= 15 is 0 Å². The zero-order valence-electron chi connectivity index (χ0n) is 15.3. The van der Waals surface area contributed by atoms with Crippen LogP contribution in [-0.2, 0) is 32.6 Å². The Balaban J connectivity index is 1.30. The van der Waals surface area contributed by atoms with Crippen molar-refractivity contribution in [2.45, 2.75) is 52.4 Å². The lowest BCUT2D eigenvalue weighted by molar-refractivity contribution is 0.191. The number of hydrogen-bond donors (Lipinski definition) is 1. The molecule has 0 saturated carbocycles. The summed E-state index contributed by atoms with van der Waals surface area (Å²) in [5.41, 5.74) is 4.12. The topological polar surface area (TPSA) is 79.4 Å². The molecular weight excluding hydrogens is 332 g/mol. The second-order valence-electron chi connectivity index (χ2n) is 7.10. The fourth-order valence-corrected chi connectivity index (χ4v) is 3.63. The predicted molar refractivity (Wildman–Crippen MR) is 95.3 cm³/mol. The Morgan fingerprint density at radius 1 is 1.31 bits per heavy atom. The second-order valence-corrected chi connectivity index (χ2v) is 7.10. The molecule has 0 fully saturated rings. The van der Waals surface area contributed by atoms with Crippen molar-refractivity contribution in [3.8, 4) is 0 Å². The van der Waals surface area contributed by atoms with E-state index < -0.39 is 0 Å². The monoisotopic (exact) mass is 358 g/mol. The number of amides is 2. The van der Waals surface area contributed by atoms with Gasteiger partial charge in [0.2, 0.25) is 0 Å². The van der Waals surface area contributed by atoms with Crippen molar-refractivity contribution in [3.63, 3.8) is 0 Å². The molecule has 0 spiro atoms. The number of nitrogens with zero attached hydrogens (tertiary/aromatic N) is 5. The number of aromatic nitrogens is 3. The Labute approximate surface area is 153 Å². The molecule has 2 aliphatic heterocycles. The summed E-state index contributed by atoms with van der Waals surface area (Å²) in [4.78, 5) is 16.7. The second kappa shape index (κ2) is 7.49. The molecule has 4 heterocycles. The molecule has 0 unspecified atom stereocenters. The van der Waals surface area contributed by atoms with Gasteiger partial charge < -0.3 is 14.7 Å². The highest BCUT2D eigenvalue weighted by molar-refractivity contribution is 5.74. The molecule has 8 heteroatoms. The van der Waals surface area contributed by atoms with Gasteiger partial charge in [-0.1, -0.05) is 18.5 Å². The van der Waals surface area contributed by atoms with Gasteiger partial charge in [-0.25, -0.2) is 4.79 Å². The molecule has 0 saturated heterocycles. The van der Waals surface area contributed by atoms with E-state index in [1.165, 1.54) is 18.5 Å². The Morgan fingerprint density at radius 3 is 3.12 bits per heavy atom. The zero-order valence-corrected chi connectivity index (χ0v) is 15.3. The molecule has 8 nitrogen and oxygen atoms in total. The third-order valence-corrected chi connectivity index (χ3v) is 5.17. The summed E-state index contributed by atoms with van der Waals surface area (Å²) in [7, 11) is 0. The SMILES string of the molecule is CCCCN1CCn2nc(CNC(=O)N3CCc4nocc4C3)cc2C1. The zero-order chi connectivity index (χ0) is 17.9. The van der Waals surface area contributed by atoms with Crippen LogP contribution < -0.4 is 5.32 Å². The number of carbonyl (C=O) groups excluding carboxylic acids is 1. The van der Waals surface area contributed by atoms with Gasteiger partial charge in [0.1, 0.15) is 6.26 Å². The molecule has 0 radical (unpaired) electrons. The van der Waals surface area contributed by atoms with Crippen LogP contribution in [-0.4, -0.2) is 50.4 Å². The maximum absolute atomic E-state index is 12.4. The standard InChI is InChI=1S/C18H26N6O2/c1-2-3-5-22-7-8-24-16(12-22)9-15(20-24)10-19-18(25)23-6-4-17-14(11-23)13-26-21-17/h9,13H,2-8,10-12H2,1H3,(H,19,25). The van der Waals surface area contributed by atoms with Crippen molar-refractivity contribution in [2.24, 2.45) is 0 Å². The molecule has 0 bridgehead atoms. The minimum atomic E-state index is -0.0626. The van der Waals surface area contributed by atoms with Gasteiger partial charge in [-0.3, -0.25) is 9.58 Å². The summed E-state index contributed by atoms with van der Waals surface area (Å²) < 4.78 is 7.06. The van der Waals surface area contributed by atoms with Gasteiger partial charge in [0.25, 0.3) is 0 Å². The van der Waals surface area contributed by atoms with Crippen molar-refractivity contribution in [1.29, 1.82) is 0 Å².